The Morgan fingerprint density at radius 1 is 1.18 bits per heavy atom. The Balaban J connectivity index is 0.000000968. The molecular weight excluding hydrogens is 418 g/mol. The number of benzene rings is 1. The highest BCUT2D eigenvalue weighted by Gasteiger charge is 2.34. The van der Waals surface area contributed by atoms with E-state index in [-0.39, 0.29) is 29.8 Å². The summed E-state index contributed by atoms with van der Waals surface area (Å²) in [6, 6.07) is 13.8. The van der Waals surface area contributed by atoms with E-state index >= 15 is 0 Å². The molecule has 0 bridgehead atoms. The summed E-state index contributed by atoms with van der Waals surface area (Å²) in [5.74, 6) is -1.33. The quantitative estimate of drug-likeness (QED) is 0.380. The third kappa shape index (κ3) is 4.99. The molecule has 3 heterocycles. The van der Waals surface area contributed by atoms with Crippen LogP contribution in [0.15, 0.2) is 61.3 Å². The Hall–Kier alpha value is -4.25. The third-order valence-electron chi connectivity index (χ3n) is 5.29. The molecule has 33 heavy (non-hydrogen) atoms. The van der Waals surface area contributed by atoms with Gasteiger partial charge in [-0.15, -0.1) is 6.58 Å². The van der Waals surface area contributed by atoms with Crippen molar-refractivity contribution >= 4 is 28.6 Å². The van der Waals surface area contributed by atoms with Gasteiger partial charge >= 0.3 is 0 Å². The molecule has 3 aromatic rings. The van der Waals surface area contributed by atoms with Gasteiger partial charge in [0.1, 0.15) is 17.4 Å². The molecule has 1 saturated heterocycles. The lowest BCUT2D eigenvalue weighted by Gasteiger charge is -2.39. The molecular formula is C25H25N5O3. The average Bonchev–Trinajstić information content (AvgIpc) is 3.26. The summed E-state index contributed by atoms with van der Waals surface area (Å²) in [6.07, 6.45) is 3.19. The number of H-pyrrole nitrogens is 1. The van der Waals surface area contributed by atoms with Crippen molar-refractivity contribution in [2.75, 3.05) is 19.6 Å². The smallest absolute Gasteiger partial charge is 0.295 e. The molecule has 0 unspecified atom stereocenters. The molecule has 4 rings (SSSR count). The Labute approximate surface area is 192 Å². The summed E-state index contributed by atoms with van der Waals surface area (Å²) >= 11 is 0. The number of amides is 2. The number of Topliss-reactive ketones (excluding diaryl/α,β-unsaturated/α-hetero) is 1. The van der Waals surface area contributed by atoms with Gasteiger partial charge in [0.05, 0.1) is 5.56 Å². The lowest BCUT2D eigenvalue weighted by atomic mass is 10.1. The van der Waals surface area contributed by atoms with E-state index in [1.807, 2.05) is 38.1 Å². The van der Waals surface area contributed by atoms with Gasteiger partial charge in [-0.25, -0.2) is 4.98 Å². The molecule has 0 spiro atoms. The summed E-state index contributed by atoms with van der Waals surface area (Å²) in [6.45, 7) is 8.07. The molecule has 1 aliphatic heterocycles. The highest BCUT2D eigenvalue weighted by Crippen LogP contribution is 2.20. The number of allylic oxidation sites excluding steroid dienone is 1. The van der Waals surface area contributed by atoms with Crippen molar-refractivity contribution in [3.8, 4) is 6.07 Å². The summed E-state index contributed by atoms with van der Waals surface area (Å²) in [4.78, 5) is 48.6. The fraction of sp³-hybridized carbons (Fsp3) is 0.240. The Morgan fingerprint density at radius 3 is 2.52 bits per heavy atom. The first-order chi connectivity index (χ1) is 15.9. The van der Waals surface area contributed by atoms with Crippen molar-refractivity contribution in [2.24, 2.45) is 0 Å². The summed E-state index contributed by atoms with van der Waals surface area (Å²) in [7, 11) is 0. The van der Waals surface area contributed by atoms with E-state index in [9.17, 15) is 14.4 Å². The van der Waals surface area contributed by atoms with Crippen LogP contribution in [0.25, 0.3) is 11.0 Å². The second-order valence-corrected chi connectivity index (χ2v) is 7.61. The Bertz CT molecular complexity index is 1230. The van der Waals surface area contributed by atoms with E-state index in [1.165, 1.54) is 17.2 Å². The predicted octanol–water partition coefficient (Wildman–Crippen LogP) is 3.18. The maximum Gasteiger partial charge on any atom is 0.295 e. The highest BCUT2D eigenvalue weighted by molar-refractivity contribution is 6.44. The molecule has 1 fully saturated rings. The van der Waals surface area contributed by atoms with Crippen LogP contribution < -0.4 is 0 Å². The molecule has 8 nitrogen and oxygen atoms in total. The number of nitriles is 1. The van der Waals surface area contributed by atoms with Gasteiger partial charge in [-0.05, 0) is 38.1 Å². The van der Waals surface area contributed by atoms with Crippen LogP contribution in [0.2, 0.25) is 0 Å². The molecule has 1 aliphatic rings. The van der Waals surface area contributed by atoms with Gasteiger partial charge in [-0.1, -0.05) is 24.3 Å². The maximum absolute atomic E-state index is 12.9. The minimum Gasteiger partial charge on any atom is -0.345 e. The summed E-state index contributed by atoms with van der Waals surface area (Å²) < 4.78 is 0. The number of aromatic nitrogens is 2. The predicted molar refractivity (Wildman–Crippen MR) is 125 cm³/mol. The van der Waals surface area contributed by atoms with E-state index in [4.69, 9.17) is 5.26 Å². The number of fused-ring (bicyclic) bond motifs is 1. The van der Waals surface area contributed by atoms with Gasteiger partial charge in [-0.3, -0.25) is 14.4 Å². The molecule has 0 radical (unpaired) electrons. The average molecular weight is 444 g/mol. The van der Waals surface area contributed by atoms with Crippen molar-refractivity contribution < 1.29 is 14.4 Å². The van der Waals surface area contributed by atoms with Crippen molar-refractivity contribution in [3.63, 3.8) is 0 Å². The monoisotopic (exact) mass is 443 g/mol. The number of carbonyl (C=O) groups excluding carboxylic acids is 3. The summed E-state index contributed by atoms with van der Waals surface area (Å²) in [5.41, 5.74) is 1.43. The minimum absolute atomic E-state index is 0.0862. The third-order valence-corrected chi connectivity index (χ3v) is 5.29. The molecule has 1 aromatic carbocycles. The van der Waals surface area contributed by atoms with Crippen LogP contribution in [0.1, 0.15) is 40.3 Å². The molecule has 0 saturated carbocycles. The van der Waals surface area contributed by atoms with E-state index in [0.717, 1.165) is 0 Å². The van der Waals surface area contributed by atoms with Gasteiger partial charge in [0.25, 0.3) is 17.6 Å². The first kappa shape index (κ1) is 23.4. The van der Waals surface area contributed by atoms with E-state index in [0.29, 0.717) is 29.7 Å². The number of pyridine rings is 1. The van der Waals surface area contributed by atoms with E-state index in [2.05, 4.69) is 16.5 Å². The number of hydrogen-bond acceptors (Lipinski definition) is 5. The molecule has 8 heteroatoms. The van der Waals surface area contributed by atoms with Gasteiger partial charge in [0, 0.05) is 42.8 Å². The molecule has 1 atom stereocenters. The fourth-order valence-corrected chi connectivity index (χ4v) is 3.71. The van der Waals surface area contributed by atoms with Crippen molar-refractivity contribution in [2.45, 2.75) is 19.9 Å². The molecule has 168 valence electrons. The molecule has 2 amide bonds. The number of carbonyl (C=O) groups is 3. The second-order valence-electron chi connectivity index (χ2n) is 7.61. The Kier molecular flexibility index (Phi) is 7.36. The number of rotatable bonds is 3. The Morgan fingerprint density at radius 2 is 1.88 bits per heavy atom. The fourth-order valence-electron chi connectivity index (χ4n) is 3.71. The van der Waals surface area contributed by atoms with Gasteiger partial charge < -0.3 is 14.8 Å². The topological polar surface area (TPSA) is 110 Å². The lowest BCUT2D eigenvalue weighted by molar-refractivity contribution is -0.130. The van der Waals surface area contributed by atoms with Crippen LogP contribution in [0.3, 0.4) is 0 Å². The van der Waals surface area contributed by atoms with Gasteiger partial charge in [0.15, 0.2) is 0 Å². The van der Waals surface area contributed by atoms with Gasteiger partial charge in [-0.2, -0.15) is 5.26 Å². The zero-order valence-corrected chi connectivity index (χ0v) is 18.6. The number of piperazine rings is 1. The van der Waals surface area contributed by atoms with Crippen LogP contribution in [0.5, 0.6) is 0 Å². The molecule has 2 aromatic heterocycles. The number of aromatic amines is 1. The first-order valence-corrected chi connectivity index (χ1v) is 10.6. The minimum atomic E-state index is -0.637. The van der Waals surface area contributed by atoms with Crippen molar-refractivity contribution in [1.29, 1.82) is 5.26 Å². The van der Waals surface area contributed by atoms with Crippen LogP contribution in [-0.4, -0.2) is 63.0 Å². The largest absolute Gasteiger partial charge is 0.345 e. The van der Waals surface area contributed by atoms with Crippen LogP contribution in [-0.2, 0) is 4.79 Å². The van der Waals surface area contributed by atoms with Crippen LogP contribution in [0, 0.1) is 11.3 Å². The standard InChI is InChI=1S/C22H19N5O3.C3H6/c1-14-13-26(21(29)15-5-3-2-4-6-15)9-10-27(14)22(30)19(28)18-12-24-20-17(18)8-7-16(11-23)25-20;1-3-2/h2-8,12,14H,9-10,13H2,1H3,(H,24,25);3H,1H2,2H3/t14-;/m1./s1. The highest BCUT2D eigenvalue weighted by atomic mass is 16.2. The first-order valence-electron chi connectivity index (χ1n) is 10.6. The number of hydrogen-bond donors (Lipinski definition) is 1. The number of nitrogens with one attached hydrogen (secondary N) is 1. The van der Waals surface area contributed by atoms with Crippen molar-refractivity contribution in [3.05, 3.63) is 78.1 Å². The second kappa shape index (κ2) is 10.4. The summed E-state index contributed by atoms with van der Waals surface area (Å²) in [5, 5.41) is 9.45. The zero-order valence-electron chi connectivity index (χ0n) is 18.6. The zero-order chi connectivity index (χ0) is 24.0. The van der Waals surface area contributed by atoms with Gasteiger partial charge in [0.2, 0.25) is 0 Å². The number of nitrogens with zero attached hydrogens (tertiary/aromatic N) is 4. The van der Waals surface area contributed by atoms with E-state index in [1.54, 1.807) is 29.2 Å². The lowest BCUT2D eigenvalue weighted by Crippen LogP contribution is -2.56. The van der Waals surface area contributed by atoms with Crippen LogP contribution in [0.4, 0.5) is 0 Å². The van der Waals surface area contributed by atoms with E-state index < -0.39 is 11.7 Å². The van der Waals surface area contributed by atoms with Crippen LogP contribution >= 0.6 is 0 Å². The molecule has 1 N–H and O–H groups in total. The SMILES string of the molecule is C=CC.C[C@@H]1CN(C(=O)c2ccccc2)CCN1C(=O)C(=O)c1c[nH]c2nc(C#N)ccc12. The number of ketones is 1. The normalized spacial score (nSPS) is 15.2. The molecule has 0 aliphatic carbocycles. The van der Waals surface area contributed by atoms with Crippen molar-refractivity contribution in [1.82, 2.24) is 19.8 Å². The maximum atomic E-state index is 12.9.